The molecule has 0 atom stereocenters. The normalized spacial score (nSPS) is 0. The molecule has 18 valence electrons. The summed E-state index contributed by atoms with van der Waals surface area (Å²) < 4.78 is 0. The third-order valence-corrected chi connectivity index (χ3v) is 0. The van der Waals surface area contributed by atoms with Gasteiger partial charge in [-0.3, -0.25) is 0 Å². The molecule has 0 fully saturated rings. The molecule has 0 saturated heterocycles. The molecule has 0 aromatic heterocycles. The summed E-state index contributed by atoms with van der Waals surface area (Å²) in [5, 5.41) is 0. The van der Waals surface area contributed by atoms with Crippen LogP contribution in [0.25, 0.3) is 0 Å². The van der Waals surface area contributed by atoms with Crippen LogP contribution in [0.4, 0.5) is 0 Å². The van der Waals surface area contributed by atoms with Crippen molar-refractivity contribution >= 4 is 26.2 Å². The number of hydrogen-bond acceptors (Lipinski definition) is 0. The Kier molecular flexibility index (Phi) is 144. The fourth-order valence-electron chi connectivity index (χ4n) is 0. The average molecular weight is 280 g/mol. The fraction of sp³-hybridized carbons (Fsp3) is 0. The van der Waals surface area contributed by atoms with Crippen molar-refractivity contribution in [3.05, 3.63) is 0 Å². The molecule has 0 aliphatic heterocycles. The van der Waals surface area contributed by atoms with Crippen molar-refractivity contribution in [2.75, 3.05) is 0 Å². The Morgan fingerprint density at radius 2 is 0.750 bits per heavy atom. The molecule has 0 unspecified atom stereocenters. The molecule has 4 heavy (non-hydrogen) atoms. The third kappa shape index (κ3) is 8.83. The first-order valence-electron chi connectivity index (χ1n) is 0. The molecule has 2 radical (unpaired) electrons. The summed E-state index contributed by atoms with van der Waals surface area (Å²) in [5.41, 5.74) is 0. The minimum Gasteiger partial charge on any atom is -2.00 e. The Bertz CT molecular complexity index is 6.00. The number of hydrogen-bond donors (Lipinski definition) is 0. The molecule has 0 saturated carbocycles. The topological polar surface area (TPSA) is 57.0 Å². The Balaban J connectivity index is 0. The van der Waals surface area contributed by atoms with Gasteiger partial charge in [0.25, 0.3) is 0 Å². The monoisotopic (exact) mass is 280 g/mol. The van der Waals surface area contributed by atoms with Crippen molar-refractivity contribution < 1.29 is 62.3 Å². The van der Waals surface area contributed by atoms with E-state index in [9.17, 15) is 0 Å². The van der Waals surface area contributed by atoms with Crippen molar-refractivity contribution in [2.45, 2.75) is 0 Å². The van der Waals surface area contributed by atoms with E-state index in [4.69, 9.17) is 0 Å². The zero-order chi connectivity index (χ0) is 0. The van der Waals surface area contributed by atoms with Gasteiger partial charge in [0.2, 0.25) is 0 Å². The number of rotatable bonds is 0. The maximum Gasteiger partial charge on any atom is 3.00 e. The van der Waals surface area contributed by atoms with E-state index in [1.807, 2.05) is 0 Å². The largest absolute Gasteiger partial charge is 3.00 e. The van der Waals surface area contributed by atoms with Crippen molar-refractivity contribution in [3.8, 4) is 0 Å². The van der Waals surface area contributed by atoms with Crippen LogP contribution >= 0.6 is 0 Å². The van der Waals surface area contributed by atoms with Gasteiger partial charge in [-0.05, 0) is 0 Å². The van der Waals surface area contributed by atoms with E-state index >= 15 is 0 Å². The van der Waals surface area contributed by atoms with Gasteiger partial charge in [-0.2, -0.15) is 0 Å². The summed E-state index contributed by atoms with van der Waals surface area (Å²) in [6.45, 7) is 0. The average Bonchev–Trinajstić information content (AvgIpc) is 0. The van der Waals surface area contributed by atoms with Crippen molar-refractivity contribution in [1.82, 2.24) is 0 Å². The summed E-state index contributed by atoms with van der Waals surface area (Å²) in [4.78, 5) is 0. The van der Waals surface area contributed by atoms with Crippen LogP contribution in [0.1, 0.15) is 0 Å². The Labute approximate surface area is 86.5 Å². The fourth-order valence-corrected chi connectivity index (χ4v) is 0. The van der Waals surface area contributed by atoms with Crippen LogP contribution in [-0.2, 0) is 11.0 Å². The van der Waals surface area contributed by atoms with E-state index in [-0.39, 0.29) is 88.5 Å². The molecule has 0 rings (SSSR count). The molecule has 0 bridgehead atoms. The Morgan fingerprint density at radius 3 is 0.750 bits per heavy atom. The molecule has 0 aliphatic rings. The van der Waals surface area contributed by atoms with Crippen LogP contribution in [-0.4, -0.2) is 26.2 Å². The van der Waals surface area contributed by atoms with E-state index in [0.29, 0.717) is 0 Å². The predicted octanol–water partition coefficient (Wildman–Crippen LogP) is -3.61. The molecule has 4 heteroatoms. The molecule has 0 N–H and O–H groups in total. The van der Waals surface area contributed by atoms with Crippen LogP contribution in [0.15, 0.2) is 0 Å². The first-order chi connectivity index (χ1) is 0. The van der Waals surface area contributed by atoms with Gasteiger partial charge in [-0.1, -0.05) is 0 Å². The molecule has 0 amide bonds. The standard InChI is InChI=1S/Bi.K.2O/q+3;+1;2*-2. The van der Waals surface area contributed by atoms with Crippen molar-refractivity contribution in [3.63, 3.8) is 0 Å². The first kappa shape index (κ1) is 32.0. The summed E-state index contributed by atoms with van der Waals surface area (Å²) in [6, 6.07) is 0. The molecule has 0 aliphatic carbocycles. The molecule has 0 aromatic carbocycles. The summed E-state index contributed by atoms with van der Waals surface area (Å²) in [7, 11) is 0. The van der Waals surface area contributed by atoms with Gasteiger partial charge in [-0.15, -0.1) is 0 Å². The van der Waals surface area contributed by atoms with Gasteiger partial charge >= 0.3 is 77.6 Å². The molecule has 0 aromatic rings. The van der Waals surface area contributed by atoms with Gasteiger partial charge < -0.3 is 11.0 Å². The summed E-state index contributed by atoms with van der Waals surface area (Å²) in [6.07, 6.45) is 0. The first-order valence-corrected chi connectivity index (χ1v) is 0. The summed E-state index contributed by atoms with van der Waals surface area (Å²) >= 11 is 0. The minimum atomic E-state index is 0. The molecule has 2 nitrogen and oxygen atoms in total. The smallest absolute Gasteiger partial charge is 2.00 e. The van der Waals surface area contributed by atoms with Crippen LogP contribution in [0.5, 0.6) is 0 Å². The Hall–Kier alpha value is 2.44. The second-order valence-electron chi connectivity index (χ2n) is 0. The van der Waals surface area contributed by atoms with Gasteiger partial charge in [0.1, 0.15) is 0 Å². The van der Waals surface area contributed by atoms with E-state index < -0.39 is 0 Å². The van der Waals surface area contributed by atoms with Gasteiger partial charge in [-0.25, -0.2) is 0 Å². The molecule has 0 heterocycles. The van der Waals surface area contributed by atoms with Crippen LogP contribution < -0.4 is 51.4 Å². The van der Waals surface area contributed by atoms with Crippen LogP contribution in [0.2, 0.25) is 0 Å². The van der Waals surface area contributed by atoms with Gasteiger partial charge in [0.15, 0.2) is 0 Å². The SMILES string of the molecule is [Bi+3].[K+].[O-2].[O-2]. The Morgan fingerprint density at radius 1 is 0.750 bits per heavy atom. The van der Waals surface area contributed by atoms with Crippen LogP contribution in [0.3, 0.4) is 0 Å². The third-order valence-electron chi connectivity index (χ3n) is 0. The van der Waals surface area contributed by atoms with Crippen molar-refractivity contribution in [1.29, 1.82) is 0 Å². The molecular formula is BiKO2. The van der Waals surface area contributed by atoms with E-state index in [1.54, 1.807) is 0 Å². The molecule has 0 spiro atoms. The van der Waals surface area contributed by atoms with E-state index in [2.05, 4.69) is 0 Å². The zero-order valence-electron chi connectivity index (χ0n) is 2.26. The second-order valence-corrected chi connectivity index (χ2v) is 0. The van der Waals surface area contributed by atoms with Gasteiger partial charge in [0.05, 0.1) is 0 Å². The van der Waals surface area contributed by atoms with Gasteiger partial charge in [0, 0.05) is 0 Å². The van der Waals surface area contributed by atoms with E-state index in [1.165, 1.54) is 0 Å². The maximum atomic E-state index is 0. The molecular weight excluding hydrogens is 280 g/mol. The van der Waals surface area contributed by atoms with Crippen LogP contribution in [0, 0.1) is 0 Å². The van der Waals surface area contributed by atoms with Crippen molar-refractivity contribution in [2.24, 2.45) is 0 Å². The zero-order valence-corrected chi connectivity index (χ0v) is 8.86. The van der Waals surface area contributed by atoms with E-state index in [0.717, 1.165) is 0 Å². The second kappa shape index (κ2) is 18.0. The minimum absolute atomic E-state index is 0. The maximum absolute atomic E-state index is 0. The quantitative estimate of drug-likeness (QED) is 0.412. The summed E-state index contributed by atoms with van der Waals surface area (Å²) in [5.74, 6) is 0. The predicted molar refractivity (Wildman–Crippen MR) is 7.13 cm³/mol.